The van der Waals surface area contributed by atoms with E-state index in [1.54, 1.807) is 11.6 Å². The van der Waals surface area contributed by atoms with Gasteiger partial charge in [-0.3, -0.25) is 9.59 Å². The van der Waals surface area contributed by atoms with Gasteiger partial charge in [0.15, 0.2) is 6.10 Å². The van der Waals surface area contributed by atoms with Gasteiger partial charge in [0.05, 0.1) is 5.69 Å². The van der Waals surface area contributed by atoms with E-state index in [1.807, 2.05) is 44.2 Å². The number of rotatable bonds is 8. The molecule has 8 nitrogen and oxygen atoms in total. The van der Waals surface area contributed by atoms with Crippen LogP contribution in [0.2, 0.25) is 0 Å². The van der Waals surface area contributed by atoms with Crippen LogP contribution in [0.1, 0.15) is 27.2 Å². The predicted octanol–water partition coefficient (Wildman–Crippen LogP) is 1.07. The van der Waals surface area contributed by atoms with Gasteiger partial charge in [0.2, 0.25) is 5.91 Å². The van der Waals surface area contributed by atoms with E-state index in [1.165, 1.54) is 6.33 Å². The average molecular weight is 345 g/mol. The zero-order chi connectivity index (χ0) is 18.2. The topological polar surface area (TPSA) is 98.1 Å². The van der Waals surface area contributed by atoms with E-state index in [9.17, 15) is 9.59 Å². The van der Waals surface area contributed by atoms with Crippen LogP contribution in [0, 0.1) is 0 Å². The summed E-state index contributed by atoms with van der Waals surface area (Å²) in [6, 6.07) is 9.66. The molecule has 0 aliphatic heterocycles. The fourth-order valence-corrected chi connectivity index (χ4v) is 2.06. The zero-order valence-electron chi connectivity index (χ0n) is 14.6. The van der Waals surface area contributed by atoms with Crippen LogP contribution in [0.15, 0.2) is 36.7 Å². The first kappa shape index (κ1) is 18.4. The van der Waals surface area contributed by atoms with Gasteiger partial charge in [0.1, 0.15) is 6.33 Å². The summed E-state index contributed by atoms with van der Waals surface area (Å²) in [5.74, 6) is -0.430. The van der Waals surface area contributed by atoms with Crippen molar-refractivity contribution in [1.29, 1.82) is 0 Å². The molecular weight excluding hydrogens is 322 g/mol. The Bertz CT molecular complexity index is 699. The molecule has 1 aromatic carbocycles. The van der Waals surface area contributed by atoms with Gasteiger partial charge >= 0.3 is 6.01 Å². The van der Waals surface area contributed by atoms with Crippen molar-refractivity contribution >= 4 is 11.8 Å². The number of benzene rings is 1. The Balaban J connectivity index is 1.79. The molecule has 1 aromatic heterocycles. The number of amides is 2. The summed E-state index contributed by atoms with van der Waals surface area (Å²) in [6.07, 6.45) is 0.975. The van der Waals surface area contributed by atoms with Crippen LogP contribution in [0.4, 0.5) is 0 Å². The van der Waals surface area contributed by atoms with E-state index in [4.69, 9.17) is 4.74 Å². The van der Waals surface area contributed by atoms with E-state index >= 15 is 0 Å². The van der Waals surface area contributed by atoms with Crippen LogP contribution < -0.4 is 15.4 Å². The SMILES string of the molecule is CC(C)NC(=O)CCNC(=O)C(C)Oc1ncn(-c2ccccc2)n1. The Labute approximate surface area is 146 Å². The van der Waals surface area contributed by atoms with Crippen molar-refractivity contribution in [2.24, 2.45) is 0 Å². The summed E-state index contributed by atoms with van der Waals surface area (Å²) in [5, 5.41) is 9.60. The molecule has 0 fully saturated rings. The van der Waals surface area contributed by atoms with Gasteiger partial charge in [-0.1, -0.05) is 18.2 Å². The van der Waals surface area contributed by atoms with Crippen LogP contribution >= 0.6 is 0 Å². The molecule has 0 saturated carbocycles. The molecule has 134 valence electrons. The normalized spacial score (nSPS) is 11.8. The minimum absolute atomic E-state index is 0.0799. The third-order valence-electron chi connectivity index (χ3n) is 3.24. The van der Waals surface area contributed by atoms with Crippen molar-refractivity contribution in [2.45, 2.75) is 39.3 Å². The second kappa shape index (κ2) is 8.81. The highest BCUT2D eigenvalue weighted by Gasteiger charge is 2.17. The number of hydrogen-bond donors (Lipinski definition) is 2. The van der Waals surface area contributed by atoms with Crippen molar-refractivity contribution in [3.63, 3.8) is 0 Å². The van der Waals surface area contributed by atoms with E-state index in [2.05, 4.69) is 20.7 Å². The number of nitrogens with zero attached hydrogens (tertiary/aromatic N) is 3. The molecule has 2 aromatic rings. The summed E-state index contributed by atoms with van der Waals surface area (Å²) in [6.45, 7) is 5.62. The third-order valence-corrected chi connectivity index (χ3v) is 3.24. The van der Waals surface area contributed by atoms with Crippen molar-refractivity contribution in [1.82, 2.24) is 25.4 Å². The van der Waals surface area contributed by atoms with Gasteiger partial charge in [-0.15, -0.1) is 5.10 Å². The molecule has 0 aliphatic carbocycles. The maximum absolute atomic E-state index is 12.0. The Morgan fingerprint density at radius 1 is 1.20 bits per heavy atom. The third kappa shape index (κ3) is 5.91. The van der Waals surface area contributed by atoms with Crippen molar-refractivity contribution in [2.75, 3.05) is 6.54 Å². The molecule has 1 heterocycles. The van der Waals surface area contributed by atoms with E-state index in [0.717, 1.165) is 5.69 Å². The summed E-state index contributed by atoms with van der Waals surface area (Å²) < 4.78 is 7.01. The van der Waals surface area contributed by atoms with Crippen molar-refractivity contribution in [3.05, 3.63) is 36.7 Å². The lowest BCUT2D eigenvalue weighted by Crippen LogP contribution is -2.39. The molecular formula is C17H23N5O3. The summed E-state index contributed by atoms with van der Waals surface area (Å²) in [4.78, 5) is 27.6. The number of nitrogens with one attached hydrogen (secondary N) is 2. The molecule has 0 bridgehead atoms. The smallest absolute Gasteiger partial charge is 0.336 e. The summed E-state index contributed by atoms with van der Waals surface area (Å²) in [5.41, 5.74) is 0.845. The molecule has 8 heteroatoms. The molecule has 0 aliphatic rings. The van der Waals surface area contributed by atoms with Gasteiger partial charge in [0.25, 0.3) is 5.91 Å². The highest BCUT2D eigenvalue weighted by atomic mass is 16.5. The lowest BCUT2D eigenvalue weighted by Gasteiger charge is -2.12. The first-order valence-corrected chi connectivity index (χ1v) is 8.16. The molecule has 2 amide bonds. The maximum Gasteiger partial charge on any atom is 0.336 e. The van der Waals surface area contributed by atoms with Crippen molar-refractivity contribution in [3.8, 4) is 11.7 Å². The highest BCUT2D eigenvalue weighted by Crippen LogP contribution is 2.09. The van der Waals surface area contributed by atoms with Crippen molar-refractivity contribution < 1.29 is 14.3 Å². The minimum Gasteiger partial charge on any atom is -0.449 e. The minimum atomic E-state index is -0.764. The lowest BCUT2D eigenvalue weighted by atomic mass is 10.3. The van der Waals surface area contributed by atoms with Gasteiger partial charge in [-0.05, 0) is 32.9 Å². The molecule has 2 N–H and O–H groups in total. The zero-order valence-corrected chi connectivity index (χ0v) is 14.6. The number of carbonyl (C=O) groups excluding carboxylic acids is 2. The van der Waals surface area contributed by atoms with Gasteiger partial charge in [-0.2, -0.15) is 4.98 Å². The second-order valence-corrected chi connectivity index (χ2v) is 5.83. The predicted molar refractivity (Wildman–Crippen MR) is 92.4 cm³/mol. The first-order valence-electron chi connectivity index (χ1n) is 8.16. The molecule has 1 atom stereocenters. The number of hydrogen-bond acceptors (Lipinski definition) is 5. The average Bonchev–Trinajstić information content (AvgIpc) is 3.03. The Kier molecular flexibility index (Phi) is 6.50. The Hall–Kier alpha value is -2.90. The van der Waals surface area contributed by atoms with Gasteiger partial charge < -0.3 is 15.4 Å². The van der Waals surface area contributed by atoms with Crippen LogP contribution in [0.5, 0.6) is 6.01 Å². The number of ether oxygens (including phenoxy) is 1. The lowest BCUT2D eigenvalue weighted by molar-refractivity contribution is -0.127. The quantitative estimate of drug-likeness (QED) is 0.746. The largest absolute Gasteiger partial charge is 0.449 e. The fraction of sp³-hybridized carbons (Fsp3) is 0.412. The first-order chi connectivity index (χ1) is 12.0. The molecule has 0 saturated heterocycles. The molecule has 2 rings (SSSR count). The summed E-state index contributed by atoms with van der Waals surface area (Å²) >= 11 is 0. The van der Waals surface area contributed by atoms with E-state index in [0.29, 0.717) is 0 Å². The van der Waals surface area contributed by atoms with Crippen LogP contribution in [0.25, 0.3) is 5.69 Å². The molecule has 0 spiro atoms. The number of para-hydroxylation sites is 1. The molecule has 0 radical (unpaired) electrons. The van der Waals surface area contributed by atoms with Gasteiger partial charge in [-0.25, -0.2) is 4.68 Å². The Morgan fingerprint density at radius 3 is 2.60 bits per heavy atom. The summed E-state index contributed by atoms with van der Waals surface area (Å²) in [7, 11) is 0. The Morgan fingerprint density at radius 2 is 1.92 bits per heavy atom. The van der Waals surface area contributed by atoms with Crippen LogP contribution in [0.3, 0.4) is 0 Å². The highest BCUT2D eigenvalue weighted by molar-refractivity contribution is 5.82. The second-order valence-electron chi connectivity index (χ2n) is 5.83. The molecule has 1 unspecified atom stereocenters. The number of aromatic nitrogens is 3. The monoisotopic (exact) mass is 345 g/mol. The standard InChI is InChI=1S/C17H23N5O3/c1-12(2)20-15(23)9-10-18-16(24)13(3)25-17-19-11-22(21-17)14-7-5-4-6-8-14/h4-8,11-13H,9-10H2,1-3H3,(H,18,24)(H,20,23). The fourth-order valence-electron chi connectivity index (χ4n) is 2.06. The molecule has 25 heavy (non-hydrogen) atoms. The maximum atomic E-state index is 12.0. The number of carbonyl (C=O) groups is 2. The van der Waals surface area contributed by atoms with Gasteiger partial charge in [0, 0.05) is 19.0 Å². The van der Waals surface area contributed by atoms with E-state index in [-0.39, 0.29) is 36.8 Å². The van der Waals surface area contributed by atoms with Crippen LogP contribution in [-0.4, -0.2) is 45.3 Å². The van der Waals surface area contributed by atoms with E-state index < -0.39 is 6.10 Å². The van der Waals surface area contributed by atoms with Crippen LogP contribution in [-0.2, 0) is 9.59 Å².